The zero-order valence-corrected chi connectivity index (χ0v) is 15.4. The minimum atomic E-state index is -0.490. The summed E-state index contributed by atoms with van der Waals surface area (Å²) in [6, 6.07) is 9.09. The second-order valence-corrected chi connectivity index (χ2v) is 7.02. The molecule has 1 saturated heterocycles. The highest BCUT2D eigenvalue weighted by Gasteiger charge is 2.34. The Balaban J connectivity index is 1.86. The fourth-order valence-corrected chi connectivity index (χ4v) is 3.01. The van der Waals surface area contributed by atoms with Gasteiger partial charge in [-0.3, -0.25) is 4.79 Å². The topological polar surface area (TPSA) is 75.9 Å². The Morgan fingerprint density at radius 3 is 2.64 bits per heavy atom. The maximum absolute atomic E-state index is 12.5. The fraction of sp³-hybridized carbons (Fsp3) is 0.579. The summed E-state index contributed by atoms with van der Waals surface area (Å²) < 4.78 is 5.34. The highest BCUT2D eigenvalue weighted by Crippen LogP contribution is 2.20. The Morgan fingerprint density at radius 1 is 1.32 bits per heavy atom. The van der Waals surface area contributed by atoms with Gasteiger partial charge in [0.1, 0.15) is 6.61 Å². The predicted octanol–water partition coefficient (Wildman–Crippen LogP) is 2.23. The number of rotatable bonds is 6. The maximum atomic E-state index is 12.5. The van der Waals surface area contributed by atoms with E-state index in [-0.39, 0.29) is 30.6 Å². The number of likely N-dealkylation sites (tertiary alicyclic amines) is 1. The Labute approximate surface area is 149 Å². The molecule has 2 N–H and O–H groups in total. The average molecular weight is 347 g/mol. The van der Waals surface area contributed by atoms with E-state index in [1.807, 2.05) is 49.1 Å². The lowest BCUT2D eigenvalue weighted by Crippen LogP contribution is -2.51. The summed E-state index contributed by atoms with van der Waals surface area (Å²) >= 11 is 0. The SMILES string of the molecule is CC(C)C(N)C(=O)N1CCCC1CN(C)C(=O)OCc1ccccc1. The molecule has 1 fully saturated rings. The number of likely N-dealkylation sites (N-methyl/N-ethyl adjacent to an activating group) is 1. The van der Waals surface area contributed by atoms with Crippen molar-refractivity contribution in [2.75, 3.05) is 20.1 Å². The summed E-state index contributed by atoms with van der Waals surface area (Å²) in [4.78, 5) is 28.1. The molecular weight excluding hydrogens is 318 g/mol. The number of ether oxygens (including phenoxy) is 1. The van der Waals surface area contributed by atoms with Crippen molar-refractivity contribution >= 4 is 12.0 Å². The Kier molecular flexibility index (Phi) is 6.82. The van der Waals surface area contributed by atoms with Crippen LogP contribution in [0.5, 0.6) is 0 Å². The second kappa shape index (κ2) is 8.85. The minimum absolute atomic E-state index is 0.00609. The molecule has 2 unspecified atom stereocenters. The standard InChI is InChI=1S/C19H29N3O3/c1-14(2)17(20)18(23)22-11-7-10-16(22)12-21(3)19(24)25-13-15-8-5-4-6-9-15/h4-6,8-9,14,16-17H,7,10-13,20H2,1-3H3. The molecule has 1 aromatic rings. The van der Waals surface area contributed by atoms with Crippen LogP contribution in [0.2, 0.25) is 0 Å². The number of nitrogens with two attached hydrogens (primary N) is 1. The van der Waals surface area contributed by atoms with E-state index in [1.165, 1.54) is 0 Å². The second-order valence-electron chi connectivity index (χ2n) is 7.02. The normalized spacial score (nSPS) is 18.3. The van der Waals surface area contributed by atoms with Crippen LogP contribution >= 0.6 is 0 Å². The van der Waals surface area contributed by atoms with Crippen molar-refractivity contribution in [2.24, 2.45) is 11.7 Å². The summed E-state index contributed by atoms with van der Waals surface area (Å²) in [6.07, 6.45) is 1.44. The number of hydrogen-bond donors (Lipinski definition) is 1. The molecule has 1 aromatic carbocycles. The average Bonchev–Trinajstić information content (AvgIpc) is 3.07. The van der Waals surface area contributed by atoms with Crippen molar-refractivity contribution in [3.63, 3.8) is 0 Å². The van der Waals surface area contributed by atoms with Crippen LogP contribution in [0.1, 0.15) is 32.3 Å². The van der Waals surface area contributed by atoms with Gasteiger partial charge in [-0.15, -0.1) is 0 Å². The van der Waals surface area contributed by atoms with Gasteiger partial charge >= 0.3 is 6.09 Å². The Hall–Kier alpha value is -2.08. The quantitative estimate of drug-likeness (QED) is 0.856. The van der Waals surface area contributed by atoms with Crippen molar-refractivity contribution in [2.45, 2.75) is 45.4 Å². The number of carbonyl (C=O) groups excluding carboxylic acids is 2. The molecule has 1 aliphatic rings. The lowest BCUT2D eigenvalue weighted by Gasteiger charge is -2.31. The first-order valence-corrected chi connectivity index (χ1v) is 8.88. The van der Waals surface area contributed by atoms with Gasteiger partial charge in [-0.25, -0.2) is 4.79 Å². The fourth-order valence-electron chi connectivity index (χ4n) is 3.01. The van der Waals surface area contributed by atoms with E-state index < -0.39 is 6.04 Å². The Morgan fingerprint density at radius 2 is 2.00 bits per heavy atom. The van der Waals surface area contributed by atoms with E-state index in [4.69, 9.17) is 10.5 Å². The third kappa shape index (κ3) is 5.19. The number of amides is 2. The zero-order valence-electron chi connectivity index (χ0n) is 15.4. The summed E-state index contributed by atoms with van der Waals surface area (Å²) in [7, 11) is 1.71. The molecule has 0 radical (unpaired) electrons. The van der Waals surface area contributed by atoms with Gasteiger partial charge in [-0.05, 0) is 24.3 Å². The molecule has 2 amide bonds. The maximum Gasteiger partial charge on any atom is 0.409 e. The monoisotopic (exact) mass is 347 g/mol. The molecule has 0 bridgehead atoms. The highest BCUT2D eigenvalue weighted by atomic mass is 16.6. The first kappa shape index (κ1) is 19.2. The molecule has 138 valence electrons. The third-order valence-electron chi connectivity index (χ3n) is 4.67. The van der Waals surface area contributed by atoms with Crippen LogP contribution in [-0.2, 0) is 16.1 Å². The van der Waals surface area contributed by atoms with E-state index in [0.717, 1.165) is 18.4 Å². The summed E-state index contributed by atoms with van der Waals surface area (Å²) in [6.45, 7) is 5.30. The minimum Gasteiger partial charge on any atom is -0.445 e. The molecule has 6 nitrogen and oxygen atoms in total. The van der Waals surface area contributed by atoms with Crippen molar-refractivity contribution < 1.29 is 14.3 Å². The smallest absolute Gasteiger partial charge is 0.409 e. The number of nitrogens with zero attached hydrogens (tertiary/aromatic N) is 2. The van der Waals surface area contributed by atoms with Gasteiger partial charge in [0.15, 0.2) is 0 Å². The number of carbonyl (C=O) groups is 2. The van der Waals surface area contributed by atoms with Gasteiger partial charge in [0.25, 0.3) is 0 Å². The van der Waals surface area contributed by atoms with Crippen molar-refractivity contribution in [1.82, 2.24) is 9.80 Å². The van der Waals surface area contributed by atoms with Crippen molar-refractivity contribution in [3.05, 3.63) is 35.9 Å². The van der Waals surface area contributed by atoms with Crippen LogP contribution in [0.3, 0.4) is 0 Å². The molecule has 2 atom stereocenters. The number of benzene rings is 1. The lowest BCUT2D eigenvalue weighted by molar-refractivity contribution is -0.134. The van der Waals surface area contributed by atoms with Gasteiger partial charge in [-0.1, -0.05) is 44.2 Å². The highest BCUT2D eigenvalue weighted by molar-refractivity contribution is 5.82. The van der Waals surface area contributed by atoms with E-state index in [0.29, 0.717) is 13.1 Å². The predicted molar refractivity (Wildman–Crippen MR) is 96.8 cm³/mol. The molecule has 0 spiro atoms. The molecular formula is C19H29N3O3. The van der Waals surface area contributed by atoms with Gasteiger partial charge < -0.3 is 20.3 Å². The summed E-state index contributed by atoms with van der Waals surface area (Å²) in [5.41, 5.74) is 6.96. The third-order valence-corrected chi connectivity index (χ3v) is 4.67. The van der Waals surface area contributed by atoms with E-state index in [1.54, 1.807) is 11.9 Å². The van der Waals surface area contributed by atoms with Crippen LogP contribution in [0.15, 0.2) is 30.3 Å². The van der Waals surface area contributed by atoms with Crippen LogP contribution in [0.4, 0.5) is 4.79 Å². The molecule has 25 heavy (non-hydrogen) atoms. The van der Waals surface area contributed by atoms with E-state index in [2.05, 4.69) is 0 Å². The first-order chi connectivity index (χ1) is 11.9. The molecule has 0 aromatic heterocycles. The molecule has 6 heteroatoms. The molecule has 1 heterocycles. The molecule has 0 aliphatic carbocycles. The molecule has 2 rings (SSSR count). The van der Waals surface area contributed by atoms with Crippen LogP contribution in [0.25, 0.3) is 0 Å². The van der Waals surface area contributed by atoms with Crippen molar-refractivity contribution in [1.29, 1.82) is 0 Å². The molecule has 0 saturated carbocycles. The van der Waals surface area contributed by atoms with E-state index in [9.17, 15) is 9.59 Å². The zero-order chi connectivity index (χ0) is 18.4. The van der Waals surface area contributed by atoms with E-state index >= 15 is 0 Å². The van der Waals surface area contributed by atoms with Crippen LogP contribution in [0, 0.1) is 5.92 Å². The summed E-state index contributed by atoms with van der Waals surface area (Å²) in [5.74, 6) is 0.0749. The van der Waals surface area contributed by atoms with Crippen molar-refractivity contribution in [3.8, 4) is 0 Å². The van der Waals surface area contributed by atoms with Crippen LogP contribution < -0.4 is 5.73 Å². The first-order valence-electron chi connectivity index (χ1n) is 8.88. The summed E-state index contributed by atoms with van der Waals surface area (Å²) in [5, 5.41) is 0. The van der Waals surface area contributed by atoms with Crippen LogP contribution in [-0.4, -0.2) is 54.0 Å². The van der Waals surface area contributed by atoms with Gasteiger partial charge in [0.2, 0.25) is 5.91 Å². The Bertz CT molecular complexity index is 577. The van der Waals surface area contributed by atoms with Gasteiger partial charge in [0.05, 0.1) is 6.04 Å². The molecule has 1 aliphatic heterocycles. The largest absolute Gasteiger partial charge is 0.445 e. The van der Waals surface area contributed by atoms with Gasteiger partial charge in [-0.2, -0.15) is 0 Å². The number of hydrogen-bond acceptors (Lipinski definition) is 4. The lowest BCUT2D eigenvalue weighted by atomic mass is 10.0. The van der Waals surface area contributed by atoms with Gasteiger partial charge in [0, 0.05) is 26.2 Å².